The van der Waals surface area contributed by atoms with E-state index in [0.717, 1.165) is 19.3 Å². The van der Waals surface area contributed by atoms with Crippen LogP contribution in [-0.4, -0.2) is 43.5 Å². The van der Waals surface area contributed by atoms with Crippen LogP contribution in [0.3, 0.4) is 0 Å². The van der Waals surface area contributed by atoms with Gasteiger partial charge in [-0.1, -0.05) is 13.8 Å². The van der Waals surface area contributed by atoms with Crippen LogP contribution in [0.5, 0.6) is 0 Å². The fraction of sp³-hybridized carbons (Fsp3) is 0.938. The van der Waals surface area contributed by atoms with E-state index in [9.17, 15) is 13.2 Å². The van der Waals surface area contributed by atoms with E-state index < -0.39 is 10.0 Å². The van der Waals surface area contributed by atoms with Gasteiger partial charge in [0, 0.05) is 18.0 Å². The molecule has 3 atom stereocenters. The monoisotopic (exact) mass is 326 g/mol. The van der Waals surface area contributed by atoms with Gasteiger partial charge in [0.05, 0.1) is 12.3 Å². The fourth-order valence-corrected chi connectivity index (χ4v) is 7.88. The van der Waals surface area contributed by atoms with Gasteiger partial charge in [-0.15, -0.1) is 0 Å². The summed E-state index contributed by atoms with van der Waals surface area (Å²) in [4.78, 5) is 12.2. The zero-order valence-corrected chi connectivity index (χ0v) is 14.3. The molecule has 1 aliphatic heterocycles. The van der Waals surface area contributed by atoms with E-state index in [1.54, 1.807) is 0 Å². The number of nitrogens with one attached hydrogen (secondary N) is 1. The molecule has 0 aromatic carbocycles. The number of hydrogen-bond donors (Lipinski definition) is 1. The Kier molecular flexibility index (Phi) is 3.04. The summed E-state index contributed by atoms with van der Waals surface area (Å²) in [6.07, 6.45) is 5.44. The predicted octanol–water partition coefficient (Wildman–Crippen LogP) is 1.35. The Morgan fingerprint density at radius 3 is 2.64 bits per heavy atom. The number of sulfonamides is 1. The highest BCUT2D eigenvalue weighted by Gasteiger charge is 2.71. The van der Waals surface area contributed by atoms with Crippen molar-refractivity contribution in [1.29, 1.82) is 0 Å². The molecule has 0 unspecified atom stereocenters. The lowest BCUT2D eigenvalue weighted by molar-refractivity contribution is -0.121. The summed E-state index contributed by atoms with van der Waals surface area (Å²) < 4.78 is 26.9. The summed E-state index contributed by atoms with van der Waals surface area (Å²) in [5, 5.41) is 2.91. The Morgan fingerprint density at radius 1 is 1.27 bits per heavy atom. The molecule has 4 rings (SSSR count). The van der Waals surface area contributed by atoms with Gasteiger partial charge in [-0.05, 0) is 49.4 Å². The molecule has 3 saturated carbocycles. The molecule has 6 heteroatoms. The third kappa shape index (κ3) is 1.92. The Labute approximate surface area is 132 Å². The lowest BCUT2D eigenvalue weighted by Crippen LogP contribution is -2.45. The van der Waals surface area contributed by atoms with E-state index in [-0.39, 0.29) is 35.1 Å². The first-order chi connectivity index (χ1) is 10.3. The minimum Gasteiger partial charge on any atom is -0.355 e. The zero-order chi connectivity index (χ0) is 15.8. The molecule has 22 heavy (non-hydrogen) atoms. The van der Waals surface area contributed by atoms with Gasteiger partial charge in [-0.25, -0.2) is 8.42 Å². The van der Waals surface area contributed by atoms with E-state index >= 15 is 0 Å². The van der Waals surface area contributed by atoms with E-state index in [4.69, 9.17) is 0 Å². The van der Waals surface area contributed by atoms with Crippen molar-refractivity contribution in [3.8, 4) is 0 Å². The number of carbonyl (C=O) groups is 1. The number of carbonyl (C=O) groups excluding carboxylic acids is 1. The molecule has 4 fully saturated rings. The zero-order valence-electron chi connectivity index (χ0n) is 13.5. The summed E-state index contributed by atoms with van der Waals surface area (Å²) in [6, 6.07) is 0.0397. The molecular weight excluding hydrogens is 300 g/mol. The van der Waals surface area contributed by atoms with Crippen LogP contribution >= 0.6 is 0 Å². The van der Waals surface area contributed by atoms with Crippen LogP contribution in [-0.2, 0) is 14.8 Å². The molecule has 3 aliphatic carbocycles. The van der Waals surface area contributed by atoms with Crippen LogP contribution < -0.4 is 5.32 Å². The number of hydrogen-bond acceptors (Lipinski definition) is 3. The smallest absolute Gasteiger partial charge is 0.235 e. The second-order valence-electron chi connectivity index (χ2n) is 8.41. The molecule has 1 heterocycles. The summed E-state index contributed by atoms with van der Waals surface area (Å²) in [7, 11) is -3.31. The quantitative estimate of drug-likeness (QED) is 0.848. The molecule has 1 amide bonds. The van der Waals surface area contributed by atoms with Crippen molar-refractivity contribution in [2.45, 2.75) is 52.0 Å². The lowest BCUT2D eigenvalue weighted by atomic mass is 9.69. The van der Waals surface area contributed by atoms with Crippen LogP contribution in [0.15, 0.2) is 0 Å². The van der Waals surface area contributed by atoms with Crippen molar-refractivity contribution in [3.05, 3.63) is 0 Å². The summed E-state index contributed by atoms with van der Waals surface area (Å²) >= 11 is 0. The first-order valence-electron chi connectivity index (χ1n) is 8.52. The minimum absolute atomic E-state index is 0.0181. The first-order valence-corrected chi connectivity index (χ1v) is 10.1. The van der Waals surface area contributed by atoms with Gasteiger partial charge in [0.25, 0.3) is 0 Å². The van der Waals surface area contributed by atoms with Crippen LogP contribution in [0.25, 0.3) is 0 Å². The normalized spacial score (nSPS) is 41.5. The average molecular weight is 326 g/mol. The minimum atomic E-state index is -3.31. The number of rotatable bonds is 4. The Balaban J connectivity index is 1.54. The maximum Gasteiger partial charge on any atom is 0.235 e. The first kappa shape index (κ1) is 14.9. The maximum atomic E-state index is 12.7. The molecule has 0 radical (unpaired) electrons. The van der Waals surface area contributed by atoms with Gasteiger partial charge < -0.3 is 5.32 Å². The Bertz CT molecular complexity index is 611. The number of nitrogens with zero attached hydrogens (tertiary/aromatic N) is 1. The second kappa shape index (κ2) is 4.47. The molecule has 1 saturated heterocycles. The van der Waals surface area contributed by atoms with E-state index in [0.29, 0.717) is 18.4 Å². The SMILES string of the molecule is CC1(C)[C@@H]2CC[C@]13CS(=O)(=O)N(CC(=O)NCC1CC1)[C@@H]3C2. The van der Waals surface area contributed by atoms with E-state index in [2.05, 4.69) is 19.2 Å². The van der Waals surface area contributed by atoms with Gasteiger partial charge in [-0.3, -0.25) is 4.79 Å². The van der Waals surface area contributed by atoms with Gasteiger partial charge in [-0.2, -0.15) is 4.31 Å². The standard InChI is InChI=1S/C16H26N2O3S/c1-15(2)12-5-6-16(15)10-22(20,21)18(13(16)7-12)9-14(19)17-8-11-3-4-11/h11-13H,3-10H2,1-2H3,(H,17,19)/t12-,13-,16-/m1/s1. The van der Waals surface area contributed by atoms with Crippen molar-refractivity contribution in [1.82, 2.24) is 9.62 Å². The van der Waals surface area contributed by atoms with Crippen LogP contribution in [0, 0.1) is 22.7 Å². The molecule has 2 bridgehead atoms. The molecule has 5 nitrogen and oxygen atoms in total. The molecule has 124 valence electrons. The summed E-state index contributed by atoms with van der Waals surface area (Å²) in [5.74, 6) is 1.33. The largest absolute Gasteiger partial charge is 0.355 e. The van der Waals surface area contributed by atoms with Gasteiger partial charge in [0.15, 0.2) is 0 Å². The highest BCUT2D eigenvalue weighted by molar-refractivity contribution is 7.89. The van der Waals surface area contributed by atoms with Crippen molar-refractivity contribution >= 4 is 15.9 Å². The predicted molar refractivity (Wildman–Crippen MR) is 83.6 cm³/mol. The average Bonchev–Trinajstić information content (AvgIpc) is 3.15. The lowest BCUT2D eigenvalue weighted by Gasteiger charge is -2.37. The highest BCUT2D eigenvalue weighted by atomic mass is 32.2. The van der Waals surface area contributed by atoms with Crippen molar-refractivity contribution < 1.29 is 13.2 Å². The molecule has 1 N–H and O–H groups in total. The molecule has 0 aromatic heterocycles. The Hall–Kier alpha value is -0.620. The van der Waals surface area contributed by atoms with E-state index in [1.165, 1.54) is 17.1 Å². The number of fused-ring (bicyclic) bond motifs is 1. The third-order valence-corrected chi connectivity index (χ3v) is 9.10. The molecule has 1 spiro atoms. The van der Waals surface area contributed by atoms with Crippen molar-refractivity contribution in [3.63, 3.8) is 0 Å². The van der Waals surface area contributed by atoms with Crippen LogP contribution in [0.4, 0.5) is 0 Å². The van der Waals surface area contributed by atoms with Gasteiger partial charge >= 0.3 is 0 Å². The topological polar surface area (TPSA) is 66.5 Å². The third-order valence-electron chi connectivity index (χ3n) is 7.12. The van der Waals surface area contributed by atoms with E-state index in [1.807, 2.05) is 0 Å². The molecule has 4 aliphatic rings. The summed E-state index contributed by atoms with van der Waals surface area (Å²) in [6.45, 7) is 5.19. The fourth-order valence-electron chi connectivity index (χ4n) is 5.36. The van der Waals surface area contributed by atoms with Crippen LogP contribution in [0.1, 0.15) is 46.0 Å². The maximum absolute atomic E-state index is 12.7. The summed E-state index contributed by atoms with van der Waals surface area (Å²) in [5.41, 5.74) is -0.0583. The van der Waals surface area contributed by atoms with Gasteiger partial charge in [0.1, 0.15) is 0 Å². The van der Waals surface area contributed by atoms with Gasteiger partial charge in [0.2, 0.25) is 15.9 Å². The molecular formula is C16H26N2O3S. The van der Waals surface area contributed by atoms with Crippen LogP contribution in [0.2, 0.25) is 0 Å². The number of amides is 1. The Morgan fingerprint density at radius 2 is 2.00 bits per heavy atom. The van der Waals surface area contributed by atoms with Crippen molar-refractivity contribution in [2.75, 3.05) is 18.8 Å². The second-order valence-corrected chi connectivity index (χ2v) is 10.3. The molecule has 0 aromatic rings. The highest BCUT2D eigenvalue weighted by Crippen LogP contribution is 2.69. The van der Waals surface area contributed by atoms with Crippen molar-refractivity contribution in [2.24, 2.45) is 22.7 Å².